The van der Waals surface area contributed by atoms with Gasteiger partial charge in [-0.15, -0.1) is 0 Å². The van der Waals surface area contributed by atoms with Crippen molar-refractivity contribution in [1.29, 1.82) is 0 Å². The number of hydrogen-bond donors (Lipinski definition) is 2. The lowest BCUT2D eigenvalue weighted by molar-refractivity contribution is 0.282. The first-order chi connectivity index (χ1) is 11.8. The molecule has 0 spiro atoms. The summed E-state index contributed by atoms with van der Waals surface area (Å²) in [6.45, 7) is -0.0265. The Bertz CT molecular complexity index is 979. The SMILES string of the molecule is OCc1ccccc1-c1cn2ccnc2c(Nc2ccccc2)n1. The molecule has 0 aliphatic carbocycles. The Morgan fingerprint density at radius 1 is 1.00 bits per heavy atom. The quantitative estimate of drug-likeness (QED) is 0.603. The lowest BCUT2D eigenvalue weighted by atomic mass is 10.1. The van der Waals surface area contributed by atoms with Crippen molar-refractivity contribution in [1.82, 2.24) is 14.4 Å². The molecule has 2 N–H and O–H groups in total. The molecule has 0 fully saturated rings. The van der Waals surface area contributed by atoms with Gasteiger partial charge < -0.3 is 14.8 Å². The number of para-hydroxylation sites is 1. The van der Waals surface area contributed by atoms with Crippen LogP contribution in [0.15, 0.2) is 73.2 Å². The highest BCUT2D eigenvalue weighted by atomic mass is 16.3. The minimum absolute atomic E-state index is 0.0265. The van der Waals surface area contributed by atoms with E-state index in [0.29, 0.717) is 5.82 Å². The molecule has 24 heavy (non-hydrogen) atoms. The van der Waals surface area contributed by atoms with Crippen LogP contribution in [0.4, 0.5) is 11.5 Å². The molecule has 4 aromatic rings. The summed E-state index contributed by atoms with van der Waals surface area (Å²) in [7, 11) is 0. The van der Waals surface area contributed by atoms with Gasteiger partial charge in [-0.25, -0.2) is 9.97 Å². The Kier molecular flexibility index (Phi) is 3.69. The van der Waals surface area contributed by atoms with Gasteiger partial charge >= 0.3 is 0 Å². The molecule has 5 heteroatoms. The van der Waals surface area contributed by atoms with Gasteiger partial charge in [0, 0.05) is 29.8 Å². The van der Waals surface area contributed by atoms with Crippen molar-refractivity contribution >= 4 is 17.2 Å². The van der Waals surface area contributed by atoms with Crippen LogP contribution in [0.2, 0.25) is 0 Å². The Labute approximate surface area is 139 Å². The summed E-state index contributed by atoms with van der Waals surface area (Å²) >= 11 is 0. The monoisotopic (exact) mass is 316 g/mol. The van der Waals surface area contributed by atoms with E-state index < -0.39 is 0 Å². The Hall–Kier alpha value is -3.18. The Morgan fingerprint density at radius 2 is 1.79 bits per heavy atom. The highest BCUT2D eigenvalue weighted by molar-refractivity contribution is 5.74. The van der Waals surface area contributed by atoms with Crippen LogP contribution in [-0.2, 0) is 6.61 Å². The van der Waals surface area contributed by atoms with Gasteiger partial charge in [-0.3, -0.25) is 0 Å². The normalized spacial score (nSPS) is 10.9. The van der Waals surface area contributed by atoms with Crippen molar-refractivity contribution in [2.24, 2.45) is 0 Å². The first-order valence-electron chi connectivity index (χ1n) is 7.70. The number of imidazole rings is 1. The van der Waals surface area contributed by atoms with Crippen molar-refractivity contribution < 1.29 is 5.11 Å². The summed E-state index contributed by atoms with van der Waals surface area (Å²) in [5.41, 5.74) is 4.23. The van der Waals surface area contributed by atoms with E-state index in [-0.39, 0.29) is 6.61 Å². The maximum absolute atomic E-state index is 9.59. The summed E-state index contributed by atoms with van der Waals surface area (Å²) in [5, 5.41) is 12.9. The first kappa shape index (κ1) is 14.4. The summed E-state index contributed by atoms with van der Waals surface area (Å²) in [5.74, 6) is 0.677. The molecule has 2 heterocycles. The van der Waals surface area contributed by atoms with Gasteiger partial charge in [0.1, 0.15) is 0 Å². The standard InChI is InChI=1S/C19H16N4O/c24-13-14-6-4-5-9-16(14)17-12-23-11-10-20-19(23)18(22-17)21-15-7-2-1-3-8-15/h1-12,24H,13H2,(H,21,22). The number of benzene rings is 2. The summed E-state index contributed by atoms with van der Waals surface area (Å²) in [6.07, 6.45) is 5.56. The molecule has 118 valence electrons. The number of anilines is 2. The molecule has 0 amide bonds. The van der Waals surface area contributed by atoms with Crippen LogP contribution in [-0.4, -0.2) is 19.5 Å². The van der Waals surface area contributed by atoms with Crippen molar-refractivity contribution in [3.8, 4) is 11.3 Å². The van der Waals surface area contributed by atoms with Crippen LogP contribution in [0.1, 0.15) is 5.56 Å². The second-order valence-corrected chi connectivity index (χ2v) is 5.44. The number of hydrogen-bond acceptors (Lipinski definition) is 4. The van der Waals surface area contributed by atoms with Crippen molar-refractivity contribution in [3.63, 3.8) is 0 Å². The fourth-order valence-electron chi connectivity index (χ4n) is 2.71. The fraction of sp³-hybridized carbons (Fsp3) is 0.0526. The number of aliphatic hydroxyl groups is 1. The van der Waals surface area contributed by atoms with E-state index in [1.54, 1.807) is 6.20 Å². The highest BCUT2D eigenvalue weighted by Gasteiger charge is 2.11. The molecule has 2 aromatic heterocycles. The zero-order valence-electron chi connectivity index (χ0n) is 12.9. The Balaban J connectivity index is 1.86. The van der Waals surface area contributed by atoms with Crippen LogP contribution < -0.4 is 5.32 Å². The lowest BCUT2D eigenvalue weighted by Gasteiger charge is -2.11. The van der Waals surface area contributed by atoms with Gasteiger partial charge in [0.25, 0.3) is 0 Å². The van der Waals surface area contributed by atoms with Crippen molar-refractivity contribution in [3.05, 3.63) is 78.8 Å². The predicted octanol–water partition coefficient (Wildman–Crippen LogP) is 3.63. The second-order valence-electron chi connectivity index (χ2n) is 5.44. The van der Waals surface area contributed by atoms with Gasteiger partial charge in [0.15, 0.2) is 11.5 Å². The van der Waals surface area contributed by atoms with Gasteiger partial charge in [0.2, 0.25) is 0 Å². The van der Waals surface area contributed by atoms with E-state index in [1.165, 1.54) is 0 Å². The molecule has 0 aliphatic rings. The third-order valence-electron chi connectivity index (χ3n) is 3.87. The molecule has 0 bridgehead atoms. The molecule has 0 saturated carbocycles. The number of rotatable bonds is 4. The number of aliphatic hydroxyl groups excluding tert-OH is 1. The Morgan fingerprint density at radius 3 is 2.62 bits per heavy atom. The number of aromatic nitrogens is 3. The molecule has 4 rings (SSSR count). The molecular formula is C19H16N4O. The maximum Gasteiger partial charge on any atom is 0.180 e. The van der Waals surface area contributed by atoms with Crippen LogP contribution >= 0.6 is 0 Å². The molecule has 0 saturated heterocycles. The zero-order valence-corrected chi connectivity index (χ0v) is 12.9. The van der Waals surface area contributed by atoms with E-state index in [1.807, 2.05) is 71.4 Å². The van der Waals surface area contributed by atoms with Gasteiger partial charge in [-0.05, 0) is 17.7 Å². The van der Waals surface area contributed by atoms with Gasteiger partial charge in [0.05, 0.1) is 12.3 Å². The molecule has 2 aromatic carbocycles. The van der Waals surface area contributed by atoms with Crippen molar-refractivity contribution in [2.75, 3.05) is 5.32 Å². The van der Waals surface area contributed by atoms with Crippen LogP contribution in [0.3, 0.4) is 0 Å². The van der Waals surface area contributed by atoms with E-state index in [9.17, 15) is 5.11 Å². The lowest BCUT2D eigenvalue weighted by Crippen LogP contribution is -2.01. The minimum Gasteiger partial charge on any atom is -0.392 e. The number of fused-ring (bicyclic) bond motifs is 1. The van der Waals surface area contributed by atoms with Crippen LogP contribution in [0.25, 0.3) is 16.9 Å². The van der Waals surface area contributed by atoms with E-state index in [4.69, 9.17) is 4.98 Å². The smallest absolute Gasteiger partial charge is 0.180 e. The third-order valence-corrected chi connectivity index (χ3v) is 3.87. The molecule has 0 unspecified atom stereocenters. The fourth-order valence-corrected chi connectivity index (χ4v) is 2.71. The van der Waals surface area contributed by atoms with Crippen LogP contribution in [0.5, 0.6) is 0 Å². The van der Waals surface area contributed by atoms with E-state index >= 15 is 0 Å². The topological polar surface area (TPSA) is 62.5 Å². The van der Waals surface area contributed by atoms with Crippen LogP contribution in [0, 0.1) is 0 Å². The van der Waals surface area contributed by atoms with Gasteiger partial charge in [-0.2, -0.15) is 0 Å². The molecule has 5 nitrogen and oxygen atoms in total. The first-order valence-corrected chi connectivity index (χ1v) is 7.70. The molecule has 0 aliphatic heterocycles. The van der Waals surface area contributed by atoms with E-state index in [0.717, 1.165) is 28.2 Å². The second kappa shape index (κ2) is 6.14. The molecule has 0 atom stereocenters. The summed E-state index contributed by atoms with van der Waals surface area (Å²) in [6, 6.07) is 17.6. The van der Waals surface area contributed by atoms with E-state index in [2.05, 4.69) is 10.3 Å². The predicted molar refractivity (Wildman–Crippen MR) is 94.1 cm³/mol. The molecular weight excluding hydrogens is 300 g/mol. The summed E-state index contributed by atoms with van der Waals surface area (Å²) < 4.78 is 1.93. The average molecular weight is 316 g/mol. The maximum atomic E-state index is 9.59. The number of nitrogens with one attached hydrogen (secondary N) is 1. The zero-order chi connectivity index (χ0) is 16.4. The van der Waals surface area contributed by atoms with Gasteiger partial charge in [-0.1, -0.05) is 42.5 Å². The highest BCUT2D eigenvalue weighted by Crippen LogP contribution is 2.26. The largest absolute Gasteiger partial charge is 0.392 e. The third kappa shape index (κ3) is 2.61. The number of nitrogens with zero attached hydrogens (tertiary/aromatic N) is 3. The molecule has 0 radical (unpaired) electrons. The average Bonchev–Trinajstić information content (AvgIpc) is 3.11. The summed E-state index contributed by atoms with van der Waals surface area (Å²) in [4.78, 5) is 9.12. The van der Waals surface area contributed by atoms with Crippen molar-refractivity contribution in [2.45, 2.75) is 6.61 Å². The minimum atomic E-state index is -0.0265.